The fourth-order valence-electron chi connectivity index (χ4n) is 0.746. The highest BCUT2D eigenvalue weighted by atomic mass is 16.5. The van der Waals surface area contributed by atoms with Gasteiger partial charge in [-0.2, -0.15) is 0 Å². The standard InChI is InChI=1S/C9H14O4/c1-13-9(12)7-5-3-2-4-6-8(10)11/h2-3H,4-7H2,1H3,(H,10,11). The molecule has 0 heterocycles. The molecule has 0 rings (SSSR count). The van der Waals surface area contributed by atoms with Crippen LogP contribution in [0.2, 0.25) is 0 Å². The van der Waals surface area contributed by atoms with E-state index >= 15 is 0 Å². The molecule has 0 saturated heterocycles. The molecular weight excluding hydrogens is 172 g/mol. The van der Waals surface area contributed by atoms with Gasteiger partial charge in [-0.25, -0.2) is 0 Å². The first-order chi connectivity index (χ1) is 6.16. The van der Waals surface area contributed by atoms with Crippen LogP contribution in [0, 0.1) is 0 Å². The number of allylic oxidation sites excluding steroid dienone is 2. The number of hydrogen-bond acceptors (Lipinski definition) is 3. The molecule has 0 atom stereocenters. The molecule has 0 aliphatic carbocycles. The molecule has 0 radical (unpaired) electrons. The number of esters is 1. The molecule has 0 unspecified atom stereocenters. The summed E-state index contributed by atoms with van der Waals surface area (Å²) in [4.78, 5) is 20.7. The Morgan fingerprint density at radius 1 is 1.23 bits per heavy atom. The van der Waals surface area contributed by atoms with Gasteiger partial charge in [0.25, 0.3) is 0 Å². The molecule has 0 amide bonds. The predicted octanol–water partition coefficient (Wildman–Crippen LogP) is 1.36. The number of carboxylic acid groups (broad SMARTS) is 1. The molecular formula is C9H14O4. The molecule has 0 spiro atoms. The van der Waals surface area contributed by atoms with Crippen LogP contribution in [0.1, 0.15) is 25.7 Å². The average Bonchev–Trinajstić information content (AvgIpc) is 2.10. The molecule has 4 nitrogen and oxygen atoms in total. The third-order valence-electron chi connectivity index (χ3n) is 1.43. The summed E-state index contributed by atoms with van der Waals surface area (Å²) in [6, 6.07) is 0. The molecule has 1 N–H and O–H groups in total. The number of aliphatic carboxylic acids is 1. The van der Waals surface area contributed by atoms with E-state index in [4.69, 9.17) is 5.11 Å². The highest BCUT2D eigenvalue weighted by Gasteiger charge is 1.96. The molecule has 0 aliphatic rings. The van der Waals surface area contributed by atoms with E-state index in [1.54, 1.807) is 12.2 Å². The predicted molar refractivity (Wildman–Crippen MR) is 47.3 cm³/mol. The van der Waals surface area contributed by atoms with Gasteiger partial charge in [0, 0.05) is 12.8 Å². The van der Waals surface area contributed by atoms with Gasteiger partial charge >= 0.3 is 11.9 Å². The summed E-state index contributed by atoms with van der Waals surface area (Å²) in [6.45, 7) is 0. The largest absolute Gasteiger partial charge is 0.481 e. The van der Waals surface area contributed by atoms with Crippen molar-refractivity contribution >= 4 is 11.9 Å². The van der Waals surface area contributed by atoms with Gasteiger partial charge < -0.3 is 9.84 Å². The molecule has 74 valence electrons. The van der Waals surface area contributed by atoms with Gasteiger partial charge in [-0.05, 0) is 12.8 Å². The first-order valence-corrected chi connectivity index (χ1v) is 4.10. The Labute approximate surface area is 77.2 Å². The molecule has 0 aromatic heterocycles. The van der Waals surface area contributed by atoms with Crippen molar-refractivity contribution in [1.29, 1.82) is 0 Å². The summed E-state index contributed by atoms with van der Waals surface area (Å²) in [6.07, 6.45) is 5.15. The van der Waals surface area contributed by atoms with Gasteiger partial charge in [-0.1, -0.05) is 12.2 Å². The zero-order valence-corrected chi connectivity index (χ0v) is 7.66. The van der Waals surface area contributed by atoms with E-state index in [9.17, 15) is 9.59 Å². The fraction of sp³-hybridized carbons (Fsp3) is 0.556. The van der Waals surface area contributed by atoms with Crippen molar-refractivity contribution in [3.8, 4) is 0 Å². The first kappa shape index (κ1) is 11.7. The van der Waals surface area contributed by atoms with E-state index in [0.29, 0.717) is 19.3 Å². The molecule has 0 bridgehead atoms. The van der Waals surface area contributed by atoms with Crippen molar-refractivity contribution in [2.75, 3.05) is 7.11 Å². The van der Waals surface area contributed by atoms with Crippen LogP contribution in [0.4, 0.5) is 0 Å². The molecule has 0 fully saturated rings. The Kier molecular flexibility index (Phi) is 6.59. The SMILES string of the molecule is COC(=O)CCC=CCCC(=O)O. The molecule has 0 aromatic rings. The van der Waals surface area contributed by atoms with Crippen LogP contribution in [0.15, 0.2) is 12.2 Å². The average molecular weight is 186 g/mol. The summed E-state index contributed by atoms with van der Waals surface area (Å²) >= 11 is 0. The van der Waals surface area contributed by atoms with Crippen molar-refractivity contribution < 1.29 is 19.4 Å². The number of hydrogen-bond donors (Lipinski definition) is 1. The Hall–Kier alpha value is -1.32. The van der Waals surface area contributed by atoms with Crippen LogP contribution < -0.4 is 0 Å². The molecule has 4 heteroatoms. The van der Waals surface area contributed by atoms with E-state index in [0.717, 1.165) is 0 Å². The molecule has 13 heavy (non-hydrogen) atoms. The first-order valence-electron chi connectivity index (χ1n) is 4.10. The highest BCUT2D eigenvalue weighted by Crippen LogP contribution is 1.96. The van der Waals surface area contributed by atoms with Gasteiger partial charge in [0.1, 0.15) is 0 Å². The maximum atomic E-state index is 10.6. The van der Waals surface area contributed by atoms with E-state index in [1.807, 2.05) is 0 Å². The van der Waals surface area contributed by atoms with Crippen LogP contribution in [0.3, 0.4) is 0 Å². The van der Waals surface area contributed by atoms with Crippen LogP contribution in [0.5, 0.6) is 0 Å². The third kappa shape index (κ3) is 8.59. The maximum absolute atomic E-state index is 10.6. The zero-order chi connectivity index (χ0) is 10.1. The minimum atomic E-state index is -0.808. The Balaban J connectivity index is 3.31. The summed E-state index contributed by atoms with van der Waals surface area (Å²) in [5.41, 5.74) is 0. The second kappa shape index (κ2) is 7.34. The summed E-state index contributed by atoms with van der Waals surface area (Å²) < 4.78 is 4.43. The van der Waals surface area contributed by atoms with Crippen LogP contribution in [0.25, 0.3) is 0 Å². The smallest absolute Gasteiger partial charge is 0.305 e. The molecule has 0 aromatic carbocycles. The second-order valence-corrected chi connectivity index (χ2v) is 2.52. The topological polar surface area (TPSA) is 63.6 Å². The van der Waals surface area contributed by atoms with Gasteiger partial charge in [-0.3, -0.25) is 9.59 Å². The lowest BCUT2D eigenvalue weighted by Crippen LogP contribution is -1.98. The van der Waals surface area contributed by atoms with Crippen molar-refractivity contribution in [2.24, 2.45) is 0 Å². The van der Waals surface area contributed by atoms with Gasteiger partial charge in [0.2, 0.25) is 0 Å². The second-order valence-electron chi connectivity index (χ2n) is 2.52. The number of carbonyl (C=O) groups excluding carboxylic acids is 1. The fourth-order valence-corrected chi connectivity index (χ4v) is 0.746. The monoisotopic (exact) mass is 186 g/mol. The van der Waals surface area contributed by atoms with Crippen molar-refractivity contribution in [1.82, 2.24) is 0 Å². The van der Waals surface area contributed by atoms with Crippen LogP contribution in [-0.2, 0) is 14.3 Å². The quantitative estimate of drug-likeness (QED) is 0.502. The third-order valence-corrected chi connectivity index (χ3v) is 1.43. The van der Waals surface area contributed by atoms with Crippen molar-refractivity contribution in [3.63, 3.8) is 0 Å². The van der Waals surface area contributed by atoms with Gasteiger partial charge in [0.05, 0.1) is 7.11 Å². The lowest BCUT2D eigenvalue weighted by atomic mass is 10.2. The number of methoxy groups -OCH3 is 1. The zero-order valence-electron chi connectivity index (χ0n) is 7.66. The van der Waals surface area contributed by atoms with Crippen molar-refractivity contribution in [3.05, 3.63) is 12.2 Å². The van der Waals surface area contributed by atoms with Crippen LogP contribution in [-0.4, -0.2) is 24.2 Å². The number of rotatable bonds is 6. The highest BCUT2D eigenvalue weighted by molar-refractivity contribution is 5.69. The summed E-state index contributed by atoms with van der Waals surface area (Å²) in [7, 11) is 1.34. The lowest BCUT2D eigenvalue weighted by Gasteiger charge is -1.93. The van der Waals surface area contributed by atoms with Crippen molar-refractivity contribution in [2.45, 2.75) is 25.7 Å². The Morgan fingerprint density at radius 3 is 2.23 bits per heavy atom. The number of carboxylic acids is 1. The normalized spacial score (nSPS) is 10.2. The van der Waals surface area contributed by atoms with Gasteiger partial charge in [-0.15, -0.1) is 0 Å². The summed E-state index contributed by atoms with van der Waals surface area (Å²) in [5, 5.41) is 8.29. The maximum Gasteiger partial charge on any atom is 0.305 e. The lowest BCUT2D eigenvalue weighted by molar-refractivity contribution is -0.140. The summed E-state index contributed by atoms with van der Waals surface area (Å²) in [5.74, 6) is -1.06. The number of ether oxygens (including phenoxy) is 1. The minimum Gasteiger partial charge on any atom is -0.481 e. The molecule has 0 aliphatic heterocycles. The molecule has 0 saturated carbocycles. The number of carbonyl (C=O) groups is 2. The minimum absolute atomic E-state index is 0.134. The van der Waals surface area contributed by atoms with Crippen LogP contribution >= 0.6 is 0 Å². The van der Waals surface area contributed by atoms with Gasteiger partial charge in [0.15, 0.2) is 0 Å². The Bertz CT molecular complexity index is 196. The van der Waals surface area contributed by atoms with E-state index in [2.05, 4.69) is 4.74 Å². The van der Waals surface area contributed by atoms with E-state index in [1.165, 1.54) is 7.11 Å². The Morgan fingerprint density at radius 2 is 1.77 bits per heavy atom. The van der Waals surface area contributed by atoms with E-state index < -0.39 is 5.97 Å². The van der Waals surface area contributed by atoms with E-state index in [-0.39, 0.29) is 12.4 Å².